The number of hydrogen-bond acceptors (Lipinski definition) is 3. The molecule has 0 aliphatic carbocycles. The van der Waals surface area contributed by atoms with Gasteiger partial charge in [0.2, 0.25) is 0 Å². The number of ketones is 1. The molecule has 0 unspecified atom stereocenters. The van der Waals surface area contributed by atoms with Gasteiger partial charge in [-0.2, -0.15) is 0 Å². The van der Waals surface area contributed by atoms with E-state index in [1.54, 1.807) is 18.3 Å². The monoisotopic (exact) mass is 206 g/mol. The van der Waals surface area contributed by atoms with Crippen molar-refractivity contribution in [2.45, 2.75) is 13.3 Å². The van der Waals surface area contributed by atoms with Crippen molar-refractivity contribution >= 4 is 17.1 Å². The first-order chi connectivity index (χ1) is 6.75. The second-order valence-corrected chi connectivity index (χ2v) is 4.07. The van der Waals surface area contributed by atoms with E-state index in [9.17, 15) is 4.79 Å². The van der Waals surface area contributed by atoms with Gasteiger partial charge in [-0.25, -0.2) is 0 Å². The molecule has 0 N–H and O–H groups in total. The second-order valence-electron chi connectivity index (χ2n) is 3.12. The van der Waals surface area contributed by atoms with Crippen LogP contribution >= 0.6 is 11.3 Å². The topological polar surface area (TPSA) is 30.2 Å². The van der Waals surface area contributed by atoms with Gasteiger partial charge in [-0.1, -0.05) is 6.07 Å². The minimum absolute atomic E-state index is 0.122. The van der Waals surface area contributed by atoms with Gasteiger partial charge in [0.25, 0.3) is 0 Å². The normalized spacial score (nSPS) is 10.4. The highest BCUT2D eigenvalue weighted by Crippen LogP contribution is 2.26. The summed E-state index contributed by atoms with van der Waals surface area (Å²) in [5, 5.41) is 2.00. The maximum atomic E-state index is 10.9. The highest BCUT2D eigenvalue weighted by Gasteiger charge is 2.06. The van der Waals surface area contributed by atoms with E-state index in [2.05, 4.69) is 0 Å². The molecule has 72 valence electrons. The van der Waals surface area contributed by atoms with Crippen LogP contribution in [-0.2, 0) is 11.2 Å². The molecule has 0 aliphatic heterocycles. The maximum absolute atomic E-state index is 10.9. The van der Waals surface area contributed by atoms with E-state index in [0.717, 1.165) is 16.4 Å². The second kappa shape index (κ2) is 3.80. The first-order valence-corrected chi connectivity index (χ1v) is 5.25. The van der Waals surface area contributed by atoms with Gasteiger partial charge in [-0.05, 0) is 30.5 Å². The average Bonchev–Trinajstić information content (AvgIpc) is 2.69. The fourth-order valence-electron chi connectivity index (χ4n) is 1.27. The van der Waals surface area contributed by atoms with Crippen LogP contribution in [0.15, 0.2) is 34.1 Å². The predicted molar refractivity (Wildman–Crippen MR) is 56.4 cm³/mol. The van der Waals surface area contributed by atoms with Crippen LogP contribution in [0.4, 0.5) is 0 Å². The molecule has 3 heteroatoms. The highest BCUT2D eigenvalue weighted by molar-refractivity contribution is 7.13. The molecule has 0 aliphatic rings. The number of furan rings is 1. The number of rotatable bonds is 3. The van der Waals surface area contributed by atoms with Crippen molar-refractivity contribution in [3.8, 4) is 10.6 Å². The standard InChI is InChI=1S/C11H10O2S/c1-8(12)7-9-4-5-10(13-9)11-3-2-6-14-11/h2-6H,7H2,1H3. The number of hydrogen-bond donors (Lipinski definition) is 0. The summed E-state index contributed by atoms with van der Waals surface area (Å²) in [7, 11) is 0. The lowest BCUT2D eigenvalue weighted by molar-refractivity contribution is -0.116. The summed E-state index contributed by atoms with van der Waals surface area (Å²) in [4.78, 5) is 11.9. The zero-order valence-electron chi connectivity index (χ0n) is 7.82. The molecular weight excluding hydrogens is 196 g/mol. The van der Waals surface area contributed by atoms with Crippen molar-refractivity contribution in [3.05, 3.63) is 35.4 Å². The van der Waals surface area contributed by atoms with Gasteiger partial charge in [0.1, 0.15) is 17.3 Å². The molecule has 14 heavy (non-hydrogen) atoms. The molecule has 0 spiro atoms. The molecule has 0 fully saturated rings. The zero-order chi connectivity index (χ0) is 9.97. The van der Waals surface area contributed by atoms with Gasteiger partial charge in [0.05, 0.1) is 11.3 Å². The molecule has 0 amide bonds. The third kappa shape index (κ3) is 1.93. The quantitative estimate of drug-likeness (QED) is 0.772. The average molecular weight is 206 g/mol. The van der Waals surface area contributed by atoms with E-state index in [1.165, 1.54) is 0 Å². The number of Topliss-reactive ketones (excluding diaryl/α,β-unsaturated/α-hetero) is 1. The van der Waals surface area contributed by atoms with Crippen LogP contribution in [0, 0.1) is 0 Å². The molecule has 0 saturated carbocycles. The van der Waals surface area contributed by atoms with Crippen molar-refractivity contribution in [2.24, 2.45) is 0 Å². The Morgan fingerprint density at radius 2 is 2.29 bits per heavy atom. The molecule has 0 atom stereocenters. The SMILES string of the molecule is CC(=O)Cc1ccc(-c2cccs2)o1. The van der Waals surface area contributed by atoms with Crippen LogP contribution in [0.2, 0.25) is 0 Å². The van der Waals surface area contributed by atoms with E-state index in [4.69, 9.17) is 4.42 Å². The van der Waals surface area contributed by atoms with Crippen molar-refractivity contribution in [2.75, 3.05) is 0 Å². The molecule has 2 aromatic heterocycles. The van der Waals surface area contributed by atoms with Gasteiger partial charge in [-0.15, -0.1) is 11.3 Å². The molecule has 2 heterocycles. The van der Waals surface area contributed by atoms with E-state index < -0.39 is 0 Å². The van der Waals surface area contributed by atoms with Crippen LogP contribution in [0.5, 0.6) is 0 Å². The maximum Gasteiger partial charge on any atom is 0.144 e. The molecule has 2 rings (SSSR count). The molecule has 2 nitrogen and oxygen atoms in total. The summed E-state index contributed by atoms with van der Waals surface area (Å²) in [6.07, 6.45) is 0.380. The minimum atomic E-state index is 0.122. The van der Waals surface area contributed by atoms with Gasteiger partial charge >= 0.3 is 0 Å². The fourth-order valence-corrected chi connectivity index (χ4v) is 1.96. The fraction of sp³-hybridized carbons (Fsp3) is 0.182. The Bertz CT molecular complexity index is 426. The van der Waals surface area contributed by atoms with Crippen LogP contribution < -0.4 is 0 Å². The van der Waals surface area contributed by atoms with E-state index >= 15 is 0 Å². The Kier molecular flexibility index (Phi) is 2.50. The molecule has 0 radical (unpaired) electrons. The lowest BCUT2D eigenvalue weighted by Gasteiger charge is -1.91. The van der Waals surface area contributed by atoms with Crippen LogP contribution in [0.3, 0.4) is 0 Å². The summed E-state index contributed by atoms with van der Waals surface area (Å²) >= 11 is 1.63. The largest absolute Gasteiger partial charge is 0.460 e. The van der Waals surface area contributed by atoms with E-state index in [1.807, 2.05) is 29.6 Å². The van der Waals surface area contributed by atoms with Crippen molar-refractivity contribution in [3.63, 3.8) is 0 Å². The third-order valence-corrected chi connectivity index (χ3v) is 2.73. The van der Waals surface area contributed by atoms with Crippen LogP contribution in [0.1, 0.15) is 12.7 Å². The smallest absolute Gasteiger partial charge is 0.144 e. The minimum Gasteiger partial charge on any atom is -0.460 e. The van der Waals surface area contributed by atoms with Gasteiger partial charge in [-0.3, -0.25) is 4.79 Å². The van der Waals surface area contributed by atoms with Crippen LogP contribution in [0.25, 0.3) is 10.6 Å². The first-order valence-electron chi connectivity index (χ1n) is 4.38. The number of thiophene rings is 1. The summed E-state index contributed by atoms with van der Waals surface area (Å²) < 4.78 is 5.53. The highest BCUT2D eigenvalue weighted by atomic mass is 32.1. The Balaban J connectivity index is 2.22. The van der Waals surface area contributed by atoms with Crippen LogP contribution in [-0.4, -0.2) is 5.78 Å². The zero-order valence-corrected chi connectivity index (χ0v) is 8.64. The molecule has 0 saturated heterocycles. The number of carbonyl (C=O) groups excluding carboxylic acids is 1. The summed E-state index contributed by atoms with van der Waals surface area (Å²) in [5.41, 5.74) is 0. The molecule has 2 aromatic rings. The Labute approximate surface area is 86.2 Å². The molecule has 0 bridgehead atoms. The van der Waals surface area contributed by atoms with Gasteiger partial charge < -0.3 is 4.42 Å². The molecular formula is C11H10O2S. The third-order valence-electron chi connectivity index (χ3n) is 1.85. The Morgan fingerprint density at radius 1 is 1.43 bits per heavy atom. The number of carbonyl (C=O) groups is 1. The lowest BCUT2D eigenvalue weighted by Crippen LogP contribution is -1.93. The van der Waals surface area contributed by atoms with Crippen molar-refractivity contribution < 1.29 is 9.21 Å². The Morgan fingerprint density at radius 3 is 2.93 bits per heavy atom. The predicted octanol–water partition coefficient (Wildman–Crippen LogP) is 3.14. The van der Waals surface area contributed by atoms with Crippen molar-refractivity contribution in [1.82, 2.24) is 0 Å². The van der Waals surface area contributed by atoms with Crippen molar-refractivity contribution in [1.29, 1.82) is 0 Å². The first kappa shape index (κ1) is 9.21. The van der Waals surface area contributed by atoms with E-state index in [-0.39, 0.29) is 5.78 Å². The van der Waals surface area contributed by atoms with Gasteiger partial charge in [0.15, 0.2) is 0 Å². The lowest BCUT2D eigenvalue weighted by atomic mass is 10.2. The Hall–Kier alpha value is -1.35. The summed E-state index contributed by atoms with van der Waals surface area (Å²) in [6.45, 7) is 1.56. The van der Waals surface area contributed by atoms with Gasteiger partial charge in [0, 0.05) is 0 Å². The summed E-state index contributed by atoms with van der Waals surface area (Å²) in [6, 6.07) is 7.74. The molecule has 0 aromatic carbocycles. The van der Waals surface area contributed by atoms with E-state index in [0.29, 0.717) is 6.42 Å². The summed E-state index contributed by atoms with van der Waals surface area (Å²) in [5.74, 6) is 1.70.